The molecule has 0 saturated heterocycles. The Kier molecular flexibility index (Phi) is 6.88. The lowest BCUT2D eigenvalue weighted by Crippen LogP contribution is -2.48. The number of carbonyl (C=O) groups is 1. The van der Waals surface area contributed by atoms with E-state index in [1.807, 2.05) is 31.2 Å². The van der Waals surface area contributed by atoms with Gasteiger partial charge in [0.2, 0.25) is 0 Å². The summed E-state index contributed by atoms with van der Waals surface area (Å²) in [5.74, 6) is 3.58. The number of aliphatic carboxylic acids is 1. The highest BCUT2D eigenvalue weighted by Gasteiger charge is 2.52. The molecular formula is C33H36N2O4. The average Bonchev–Trinajstić information content (AvgIpc) is 2.94. The molecule has 4 saturated carbocycles. The van der Waals surface area contributed by atoms with Crippen molar-refractivity contribution < 1.29 is 19.4 Å². The van der Waals surface area contributed by atoms with Gasteiger partial charge in [-0.25, -0.2) is 14.8 Å². The Hall–Kier alpha value is -3.67. The van der Waals surface area contributed by atoms with E-state index in [0.717, 1.165) is 34.6 Å². The Bertz CT molecular complexity index is 1350. The first-order valence-corrected chi connectivity index (χ1v) is 14.1. The molecule has 1 N–H and O–H groups in total. The fraction of sp³-hybridized carbons (Fsp3) is 0.424. The van der Waals surface area contributed by atoms with Crippen molar-refractivity contribution in [3.63, 3.8) is 0 Å². The lowest BCUT2D eigenvalue weighted by molar-refractivity contribution is -0.131. The second kappa shape index (κ2) is 10.5. The van der Waals surface area contributed by atoms with Gasteiger partial charge in [-0.2, -0.15) is 0 Å². The van der Waals surface area contributed by atoms with Gasteiger partial charge in [0.25, 0.3) is 0 Å². The van der Waals surface area contributed by atoms with Crippen molar-refractivity contribution in [2.75, 3.05) is 7.11 Å². The van der Waals surface area contributed by atoms with Crippen molar-refractivity contribution in [3.8, 4) is 22.9 Å². The molecular weight excluding hydrogens is 488 g/mol. The van der Waals surface area contributed by atoms with Crippen LogP contribution in [0.4, 0.5) is 0 Å². The molecule has 6 nitrogen and oxygen atoms in total. The molecule has 0 aliphatic heterocycles. The van der Waals surface area contributed by atoms with E-state index < -0.39 is 5.97 Å². The summed E-state index contributed by atoms with van der Waals surface area (Å²) < 4.78 is 12.4. The van der Waals surface area contributed by atoms with Crippen LogP contribution in [0.25, 0.3) is 17.0 Å². The maximum absolute atomic E-state index is 11.2. The van der Waals surface area contributed by atoms with Crippen molar-refractivity contribution in [3.05, 3.63) is 77.6 Å². The predicted octanol–water partition coefficient (Wildman–Crippen LogP) is 7.08. The van der Waals surface area contributed by atoms with Crippen LogP contribution in [0.1, 0.15) is 68.6 Å². The fourth-order valence-electron chi connectivity index (χ4n) is 7.79. The number of hydrogen-bond donors (Lipinski definition) is 1. The lowest BCUT2D eigenvalue weighted by Gasteiger charge is -2.57. The zero-order chi connectivity index (χ0) is 27.0. The lowest BCUT2D eigenvalue weighted by atomic mass is 9.48. The molecule has 6 heteroatoms. The molecule has 202 valence electrons. The highest BCUT2D eigenvalue weighted by Crippen LogP contribution is 2.62. The first-order chi connectivity index (χ1) is 19.0. The first kappa shape index (κ1) is 25.6. The number of benzene rings is 2. The van der Waals surface area contributed by atoms with Gasteiger partial charge >= 0.3 is 5.97 Å². The van der Waals surface area contributed by atoms with Gasteiger partial charge in [-0.1, -0.05) is 37.3 Å². The smallest absolute Gasteiger partial charge is 0.328 e. The number of methoxy groups -OCH3 is 1. The van der Waals surface area contributed by atoms with Gasteiger partial charge in [-0.05, 0) is 85.3 Å². The summed E-state index contributed by atoms with van der Waals surface area (Å²) >= 11 is 0. The van der Waals surface area contributed by atoms with Crippen LogP contribution in [0.15, 0.2) is 60.9 Å². The number of ether oxygens (including phenoxy) is 2. The third-order valence-electron chi connectivity index (χ3n) is 9.09. The van der Waals surface area contributed by atoms with E-state index in [4.69, 9.17) is 9.47 Å². The molecule has 3 aromatic rings. The number of allylic oxidation sites excluding steroid dienone is 1. The van der Waals surface area contributed by atoms with Crippen LogP contribution in [-0.2, 0) is 16.8 Å². The molecule has 1 heterocycles. The van der Waals surface area contributed by atoms with Crippen molar-refractivity contribution >= 4 is 11.5 Å². The topological polar surface area (TPSA) is 81.5 Å². The number of rotatable bonds is 9. The van der Waals surface area contributed by atoms with E-state index in [9.17, 15) is 9.90 Å². The summed E-state index contributed by atoms with van der Waals surface area (Å²) in [6, 6.07) is 14.6. The Labute approximate surface area is 230 Å². The van der Waals surface area contributed by atoms with Crippen LogP contribution in [0.3, 0.4) is 0 Å². The van der Waals surface area contributed by atoms with Crippen molar-refractivity contribution in [1.82, 2.24) is 9.97 Å². The average molecular weight is 525 g/mol. The minimum absolute atomic E-state index is 0.112. The van der Waals surface area contributed by atoms with Crippen LogP contribution < -0.4 is 9.47 Å². The molecule has 4 aliphatic carbocycles. The normalized spacial score (nSPS) is 25.5. The minimum Gasteiger partial charge on any atom is -0.496 e. The number of carboxylic acids is 1. The van der Waals surface area contributed by atoms with E-state index in [0.29, 0.717) is 35.7 Å². The summed E-state index contributed by atoms with van der Waals surface area (Å²) in [6.07, 6.45) is 13.0. The third-order valence-corrected chi connectivity index (χ3v) is 9.09. The van der Waals surface area contributed by atoms with E-state index >= 15 is 0 Å². The highest BCUT2D eigenvalue weighted by atomic mass is 16.5. The van der Waals surface area contributed by atoms with Gasteiger partial charge in [0.15, 0.2) is 5.82 Å². The molecule has 4 fully saturated rings. The number of nitrogens with zero attached hydrogens (tertiary/aromatic N) is 2. The summed E-state index contributed by atoms with van der Waals surface area (Å²) in [5.41, 5.74) is 4.77. The Morgan fingerprint density at radius 2 is 1.64 bits per heavy atom. The van der Waals surface area contributed by atoms with E-state index in [1.165, 1.54) is 50.2 Å². The van der Waals surface area contributed by atoms with Crippen LogP contribution in [-0.4, -0.2) is 28.2 Å². The molecule has 2 aromatic carbocycles. The summed E-state index contributed by atoms with van der Waals surface area (Å²) in [6.45, 7) is 2.43. The number of carboxylic acid groups (broad SMARTS) is 1. The molecule has 4 bridgehead atoms. The predicted molar refractivity (Wildman–Crippen MR) is 151 cm³/mol. The zero-order valence-corrected chi connectivity index (χ0v) is 22.7. The fourth-order valence-corrected chi connectivity index (χ4v) is 7.79. The van der Waals surface area contributed by atoms with Gasteiger partial charge in [-0.3, -0.25) is 0 Å². The summed E-state index contributed by atoms with van der Waals surface area (Å²) in [7, 11) is 1.67. The number of hydrogen-bond acceptors (Lipinski definition) is 5. The van der Waals surface area contributed by atoms with Gasteiger partial charge in [0.1, 0.15) is 18.1 Å². The second-order valence-electron chi connectivity index (χ2n) is 11.7. The van der Waals surface area contributed by atoms with E-state index in [1.54, 1.807) is 19.5 Å². The Morgan fingerprint density at radius 3 is 2.21 bits per heavy atom. The van der Waals surface area contributed by atoms with Gasteiger partial charge in [0, 0.05) is 35.7 Å². The molecule has 4 aliphatic rings. The monoisotopic (exact) mass is 524 g/mol. The number of aromatic nitrogens is 2. The molecule has 0 spiro atoms. The SMILES string of the molecule is CC/C(=C\C(=O)O)c1cnc(-c2cc(C34CC5CC(CC(C5)C3)C4)c(OCc3ccccc3)cc2OC)nc1. The maximum atomic E-state index is 11.2. The van der Waals surface area contributed by atoms with E-state index in [2.05, 4.69) is 28.2 Å². The molecule has 39 heavy (non-hydrogen) atoms. The minimum atomic E-state index is -0.969. The first-order valence-electron chi connectivity index (χ1n) is 14.1. The van der Waals surface area contributed by atoms with Gasteiger partial charge < -0.3 is 14.6 Å². The molecule has 0 radical (unpaired) electrons. The standard InChI is InChI=1S/C33H36N2O4/c1-3-25(12-31(36)37)26-18-34-32(35-19-26)27-13-28(33-15-22-9-23(16-33)11-24(10-22)17-33)30(14-29(27)38-2)39-20-21-7-5-4-6-8-21/h4-8,12-14,18-19,22-24H,3,9-11,15-17,20H2,1-2H3,(H,36,37)/b25-12+. The van der Waals surface area contributed by atoms with Crippen molar-refractivity contribution in [1.29, 1.82) is 0 Å². The van der Waals surface area contributed by atoms with Crippen LogP contribution in [0.2, 0.25) is 0 Å². The van der Waals surface area contributed by atoms with Crippen LogP contribution >= 0.6 is 0 Å². The summed E-state index contributed by atoms with van der Waals surface area (Å²) in [4.78, 5) is 20.6. The van der Waals surface area contributed by atoms with Crippen molar-refractivity contribution in [2.24, 2.45) is 17.8 Å². The second-order valence-corrected chi connectivity index (χ2v) is 11.7. The molecule has 0 atom stereocenters. The Morgan fingerprint density at radius 1 is 1.00 bits per heavy atom. The zero-order valence-electron chi connectivity index (χ0n) is 22.7. The quantitative estimate of drug-likeness (QED) is 0.301. The maximum Gasteiger partial charge on any atom is 0.328 e. The van der Waals surface area contributed by atoms with Gasteiger partial charge in [-0.15, -0.1) is 0 Å². The largest absolute Gasteiger partial charge is 0.496 e. The van der Waals surface area contributed by atoms with Gasteiger partial charge in [0.05, 0.1) is 12.7 Å². The third kappa shape index (κ3) is 5.05. The summed E-state index contributed by atoms with van der Waals surface area (Å²) in [5, 5.41) is 9.22. The molecule has 7 rings (SSSR count). The van der Waals surface area contributed by atoms with Crippen LogP contribution in [0.5, 0.6) is 11.5 Å². The van der Waals surface area contributed by atoms with E-state index in [-0.39, 0.29) is 5.41 Å². The van der Waals surface area contributed by atoms with Crippen molar-refractivity contribution in [2.45, 2.75) is 63.9 Å². The van der Waals surface area contributed by atoms with Crippen LogP contribution in [0, 0.1) is 17.8 Å². The molecule has 1 aromatic heterocycles. The highest BCUT2D eigenvalue weighted by molar-refractivity contribution is 5.89. The molecule has 0 amide bonds. The Balaban J connectivity index is 1.42. The molecule has 0 unspecified atom stereocenters.